The van der Waals surface area contributed by atoms with Crippen LogP contribution in [0.4, 0.5) is 17.3 Å². The lowest BCUT2D eigenvalue weighted by molar-refractivity contribution is 0.400. The summed E-state index contributed by atoms with van der Waals surface area (Å²) in [5.74, 6) is 1.25. The van der Waals surface area contributed by atoms with Crippen molar-refractivity contribution in [3.63, 3.8) is 0 Å². The summed E-state index contributed by atoms with van der Waals surface area (Å²) in [7, 11) is -3.75. The van der Waals surface area contributed by atoms with Crippen LogP contribution in [0.5, 0.6) is 0 Å². The van der Waals surface area contributed by atoms with E-state index in [0.717, 1.165) is 0 Å². The number of nitrogens with one attached hydrogen (secondary N) is 3. The van der Waals surface area contributed by atoms with Gasteiger partial charge in [0, 0.05) is 18.0 Å². The van der Waals surface area contributed by atoms with Crippen LogP contribution in [0, 0.1) is 6.92 Å². The van der Waals surface area contributed by atoms with Gasteiger partial charge in [0.1, 0.15) is 11.6 Å². The second-order valence-electron chi connectivity index (χ2n) is 5.25. The molecule has 0 saturated carbocycles. The standard InChI is InChI=1S/C16H15N5O3S2/c1-11-10-15(20-24-11)21-26(22,23)13-7-5-12(6-8-13)18-16(25)19-14-4-2-3-9-17-14/h2-10H,1H3,(H,20,21)(H2,17,18,19,25). The third kappa shape index (κ3) is 4.55. The molecule has 3 aromatic rings. The van der Waals surface area contributed by atoms with Gasteiger partial charge in [-0.25, -0.2) is 13.4 Å². The summed E-state index contributed by atoms with van der Waals surface area (Å²) in [4.78, 5) is 4.20. The lowest BCUT2D eigenvalue weighted by Gasteiger charge is -2.10. The fourth-order valence-electron chi connectivity index (χ4n) is 2.04. The average molecular weight is 389 g/mol. The fraction of sp³-hybridized carbons (Fsp3) is 0.0625. The molecular weight excluding hydrogens is 374 g/mol. The Morgan fingerprint density at radius 3 is 2.46 bits per heavy atom. The van der Waals surface area contributed by atoms with Crippen LogP contribution in [0.1, 0.15) is 5.76 Å². The van der Waals surface area contributed by atoms with Gasteiger partial charge in [0.2, 0.25) is 0 Å². The van der Waals surface area contributed by atoms with Crippen LogP contribution in [-0.4, -0.2) is 23.7 Å². The Balaban J connectivity index is 1.65. The topological polar surface area (TPSA) is 109 Å². The molecule has 3 rings (SSSR count). The van der Waals surface area contributed by atoms with Gasteiger partial charge in [-0.05, 0) is 55.5 Å². The van der Waals surface area contributed by atoms with Crippen molar-refractivity contribution < 1.29 is 12.9 Å². The minimum absolute atomic E-state index is 0.0901. The highest BCUT2D eigenvalue weighted by atomic mass is 32.2. The highest BCUT2D eigenvalue weighted by Gasteiger charge is 2.16. The van der Waals surface area contributed by atoms with Crippen LogP contribution in [-0.2, 0) is 10.0 Å². The van der Waals surface area contributed by atoms with Gasteiger partial charge in [-0.1, -0.05) is 11.2 Å². The summed E-state index contributed by atoms with van der Waals surface area (Å²) in [6.07, 6.45) is 1.65. The number of nitrogens with zero attached hydrogens (tertiary/aromatic N) is 2. The smallest absolute Gasteiger partial charge is 0.263 e. The van der Waals surface area contributed by atoms with E-state index in [1.165, 1.54) is 18.2 Å². The predicted molar refractivity (Wildman–Crippen MR) is 103 cm³/mol. The molecule has 0 spiro atoms. The summed E-state index contributed by atoms with van der Waals surface area (Å²) < 4.78 is 31.8. The minimum atomic E-state index is -3.75. The van der Waals surface area contributed by atoms with E-state index in [0.29, 0.717) is 22.4 Å². The Kier molecular flexibility index (Phi) is 5.14. The summed E-state index contributed by atoms with van der Waals surface area (Å²) in [5.41, 5.74) is 0.634. The van der Waals surface area contributed by atoms with Gasteiger partial charge in [-0.2, -0.15) is 0 Å². The lowest BCUT2D eigenvalue weighted by Crippen LogP contribution is -2.19. The van der Waals surface area contributed by atoms with Gasteiger partial charge >= 0.3 is 0 Å². The fourth-order valence-corrected chi connectivity index (χ4v) is 3.25. The first-order valence-electron chi connectivity index (χ1n) is 7.48. The number of sulfonamides is 1. The highest BCUT2D eigenvalue weighted by molar-refractivity contribution is 7.92. The maximum Gasteiger partial charge on any atom is 0.263 e. The maximum absolute atomic E-state index is 12.3. The first kappa shape index (κ1) is 17.8. The molecule has 10 heteroatoms. The minimum Gasteiger partial charge on any atom is -0.360 e. The SMILES string of the molecule is Cc1cc(NS(=O)(=O)c2ccc(NC(=S)Nc3ccccn3)cc2)no1. The Morgan fingerprint density at radius 2 is 1.85 bits per heavy atom. The molecule has 0 atom stereocenters. The molecule has 2 aromatic heterocycles. The summed E-state index contributed by atoms with van der Waals surface area (Å²) in [6.45, 7) is 1.67. The van der Waals surface area contributed by atoms with Crippen LogP contribution < -0.4 is 15.4 Å². The molecule has 3 N–H and O–H groups in total. The maximum atomic E-state index is 12.3. The van der Waals surface area contributed by atoms with E-state index in [4.69, 9.17) is 16.7 Å². The van der Waals surface area contributed by atoms with Crippen LogP contribution in [0.3, 0.4) is 0 Å². The summed E-state index contributed by atoms with van der Waals surface area (Å²) >= 11 is 5.20. The van der Waals surface area contributed by atoms with E-state index in [9.17, 15) is 8.42 Å². The van der Waals surface area contributed by atoms with Gasteiger partial charge in [0.05, 0.1) is 4.90 Å². The summed E-state index contributed by atoms with van der Waals surface area (Å²) in [5, 5.41) is 9.85. The molecule has 0 aliphatic heterocycles. The van der Waals surface area contributed by atoms with Crippen molar-refractivity contribution in [1.82, 2.24) is 10.1 Å². The molecule has 1 aromatic carbocycles. The van der Waals surface area contributed by atoms with Crippen molar-refractivity contribution in [1.29, 1.82) is 0 Å². The van der Waals surface area contributed by atoms with Crippen LogP contribution in [0.15, 0.2) is 64.1 Å². The Hall–Kier alpha value is -2.98. The lowest BCUT2D eigenvalue weighted by atomic mass is 10.3. The Morgan fingerprint density at radius 1 is 1.08 bits per heavy atom. The molecule has 0 aliphatic rings. The van der Waals surface area contributed by atoms with E-state index >= 15 is 0 Å². The molecular formula is C16H15N5O3S2. The normalized spacial score (nSPS) is 11.0. The molecule has 0 radical (unpaired) electrons. The number of hydrogen-bond donors (Lipinski definition) is 3. The van der Waals surface area contributed by atoms with Gasteiger partial charge in [0.15, 0.2) is 10.9 Å². The quantitative estimate of drug-likeness (QED) is 0.572. The largest absolute Gasteiger partial charge is 0.360 e. The molecule has 8 nitrogen and oxygen atoms in total. The number of hydrogen-bond acceptors (Lipinski definition) is 6. The number of benzene rings is 1. The van der Waals surface area contributed by atoms with E-state index in [2.05, 4.69) is 25.5 Å². The Labute approximate surface area is 155 Å². The van der Waals surface area contributed by atoms with E-state index in [1.54, 1.807) is 37.4 Å². The van der Waals surface area contributed by atoms with Crippen LogP contribution >= 0.6 is 12.2 Å². The molecule has 0 amide bonds. The van der Waals surface area contributed by atoms with Gasteiger partial charge in [0.25, 0.3) is 10.0 Å². The molecule has 26 heavy (non-hydrogen) atoms. The van der Waals surface area contributed by atoms with E-state index in [-0.39, 0.29) is 10.7 Å². The number of rotatable bonds is 5. The second kappa shape index (κ2) is 7.50. The van der Waals surface area contributed by atoms with Crippen molar-refractivity contribution in [2.24, 2.45) is 0 Å². The van der Waals surface area contributed by atoms with Gasteiger partial charge in [-0.3, -0.25) is 4.72 Å². The number of aromatic nitrogens is 2. The third-order valence-electron chi connectivity index (χ3n) is 3.20. The zero-order valence-electron chi connectivity index (χ0n) is 13.6. The van der Waals surface area contributed by atoms with Crippen molar-refractivity contribution in [2.45, 2.75) is 11.8 Å². The average Bonchev–Trinajstić information content (AvgIpc) is 3.00. The highest BCUT2D eigenvalue weighted by Crippen LogP contribution is 2.18. The molecule has 0 saturated heterocycles. The van der Waals surface area contributed by atoms with E-state index < -0.39 is 10.0 Å². The third-order valence-corrected chi connectivity index (χ3v) is 4.77. The molecule has 0 unspecified atom stereocenters. The number of thiocarbonyl (C=S) groups is 1. The van der Waals surface area contributed by atoms with Gasteiger partial charge < -0.3 is 15.2 Å². The van der Waals surface area contributed by atoms with Crippen molar-refractivity contribution in [3.05, 3.63) is 60.5 Å². The first-order valence-corrected chi connectivity index (χ1v) is 9.37. The monoisotopic (exact) mass is 389 g/mol. The second-order valence-corrected chi connectivity index (χ2v) is 7.34. The first-order chi connectivity index (χ1) is 12.4. The molecule has 0 bridgehead atoms. The molecule has 2 heterocycles. The van der Waals surface area contributed by atoms with Gasteiger partial charge in [-0.15, -0.1) is 0 Å². The molecule has 0 aliphatic carbocycles. The molecule has 0 fully saturated rings. The predicted octanol–water partition coefficient (Wildman–Crippen LogP) is 2.99. The van der Waals surface area contributed by atoms with Crippen molar-refractivity contribution in [2.75, 3.05) is 15.4 Å². The van der Waals surface area contributed by atoms with Crippen LogP contribution in [0.25, 0.3) is 0 Å². The van der Waals surface area contributed by atoms with Crippen molar-refractivity contribution >= 4 is 44.7 Å². The van der Waals surface area contributed by atoms with Crippen molar-refractivity contribution in [3.8, 4) is 0 Å². The number of aryl methyl sites for hydroxylation is 1. The molecule has 134 valence electrons. The zero-order valence-corrected chi connectivity index (χ0v) is 15.3. The Bertz CT molecular complexity index is 1000. The van der Waals surface area contributed by atoms with Crippen LogP contribution in [0.2, 0.25) is 0 Å². The summed E-state index contributed by atoms with van der Waals surface area (Å²) in [6, 6.07) is 13.0. The number of pyridine rings is 1. The van der Waals surface area contributed by atoms with E-state index in [1.807, 2.05) is 6.07 Å². The zero-order chi connectivity index (χ0) is 18.6. The number of anilines is 3.